The van der Waals surface area contributed by atoms with Gasteiger partial charge >= 0.3 is 0 Å². The second-order valence-electron chi connectivity index (χ2n) is 6.08. The number of hydrogen-bond donors (Lipinski definition) is 0. The molecule has 26 heavy (non-hydrogen) atoms. The summed E-state index contributed by atoms with van der Waals surface area (Å²) in [6, 6.07) is 10.4. The lowest BCUT2D eigenvalue weighted by Gasteiger charge is -2.20. The number of benzene rings is 1. The second kappa shape index (κ2) is 6.48. The molecule has 7 heteroatoms. The molecule has 0 spiro atoms. The second-order valence-corrected chi connectivity index (χ2v) is 6.08. The Morgan fingerprint density at radius 2 is 2.04 bits per heavy atom. The van der Waals surface area contributed by atoms with E-state index < -0.39 is 0 Å². The highest BCUT2D eigenvalue weighted by atomic mass is 19.1. The van der Waals surface area contributed by atoms with Gasteiger partial charge < -0.3 is 9.64 Å². The van der Waals surface area contributed by atoms with Gasteiger partial charge in [0, 0.05) is 18.3 Å². The number of methoxy groups -OCH3 is 1. The molecule has 6 nitrogen and oxygen atoms in total. The summed E-state index contributed by atoms with van der Waals surface area (Å²) in [5.41, 5.74) is 4.42. The SMILES string of the molecule is COc1nccc(N2Cc3cnn(Cc4ccc(F)cc4)c3C2)c1C#N. The van der Waals surface area contributed by atoms with E-state index in [2.05, 4.69) is 21.1 Å². The van der Waals surface area contributed by atoms with Gasteiger partial charge in [-0.1, -0.05) is 12.1 Å². The van der Waals surface area contributed by atoms with Crippen molar-refractivity contribution in [3.63, 3.8) is 0 Å². The van der Waals surface area contributed by atoms with Crippen molar-refractivity contribution in [2.75, 3.05) is 12.0 Å². The van der Waals surface area contributed by atoms with Crippen LogP contribution in [0.25, 0.3) is 0 Å². The molecule has 2 aromatic heterocycles. The van der Waals surface area contributed by atoms with Gasteiger partial charge in [-0.2, -0.15) is 10.4 Å². The number of nitriles is 1. The smallest absolute Gasteiger partial charge is 0.233 e. The first kappa shape index (κ1) is 16.1. The molecule has 0 aliphatic carbocycles. The minimum atomic E-state index is -0.249. The normalized spacial score (nSPS) is 12.7. The van der Waals surface area contributed by atoms with Crippen molar-refractivity contribution in [1.29, 1.82) is 5.26 Å². The number of rotatable bonds is 4. The number of aromatic nitrogens is 3. The van der Waals surface area contributed by atoms with Gasteiger partial charge in [0.2, 0.25) is 5.88 Å². The summed E-state index contributed by atoms with van der Waals surface area (Å²) in [7, 11) is 1.51. The van der Waals surface area contributed by atoms with E-state index in [0.29, 0.717) is 31.1 Å². The molecule has 0 saturated heterocycles. The molecule has 1 aliphatic rings. The Morgan fingerprint density at radius 3 is 2.77 bits per heavy atom. The zero-order valence-corrected chi connectivity index (χ0v) is 14.2. The van der Waals surface area contributed by atoms with Crippen LogP contribution in [0, 0.1) is 17.1 Å². The molecule has 4 rings (SSSR count). The van der Waals surface area contributed by atoms with Gasteiger partial charge in [-0.3, -0.25) is 4.68 Å². The maximum atomic E-state index is 13.1. The number of fused-ring (bicyclic) bond motifs is 1. The number of ether oxygens (including phenoxy) is 1. The summed E-state index contributed by atoms with van der Waals surface area (Å²) in [6.07, 6.45) is 3.49. The van der Waals surface area contributed by atoms with Crippen LogP contribution in [0.1, 0.15) is 22.4 Å². The Bertz CT molecular complexity index is 990. The lowest BCUT2D eigenvalue weighted by Crippen LogP contribution is -2.18. The molecule has 1 aromatic carbocycles. The quantitative estimate of drug-likeness (QED) is 0.724. The zero-order chi connectivity index (χ0) is 18.1. The average molecular weight is 349 g/mol. The Balaban J connectivity index is 1.60. The molecule has 0 saturated carbocycles. The first-order chi connectivity index (χ1) is 12.7. The van der Waals surface area contributed by atoms with Crippen LogP contribution in [-0.4, -0.2) is 21.9 Å². The Labute approximate surface area is 150 Å². The molecule has 0 fully saturated rings. The third kappa shape index (κ3) is 2.75. The predicted molar refractivity (Wildman–Crippen MR) is 93.1 cm³/mol. The molecular weight excluding hydrogens is 333 g/mol. The summed E-state index contributed by atoms with van der Waals surface area (Å²) in [5, 5.41) is 13.9. The highest BCUT2D eigenvalue weighted by Crippen LogP contribution is 2.33. The Morgan fingerprint density at radius 1 is 1.23 bits per heavy atom. The van der Waals surface area contributed by atoms with E-state index in [0.717, 1.165) is 22.5 Å². The molecule has 3 heterocycles. The maximum Gasteiger partial charge on any atom is 0.233 e. The zero-order valence-electron chi connectivity index (χ0n) is 14.2. The molecule has 3 aromatic rings. The van der Waals surface area contributed by atoms with Crippen molar-refractivity contribution in [1.82, 2.24) is 14.8 Å². The minimum Gasteiger partial charge on any atom is -0.480 e. The van der Waals surface area contributed by atoms with E-state index in [1.807, 2.05) is 16.9 Å². The molecule has 0 N–H and O–H groups in total. The number of pyridine rings is 1. The summed E-state index contributed by atoms with van der Waals surface area (Å²) in [6.45, 7) is 1.88. The Kier molecular flexibility index (Phi) is 4.01. The number of anilines is 1. The monoisotopic (exact) mass is 349 g/mol. The molecule has 130 valence electrons. The molecular formula is C19H16FN5O. The van der Waals surface area contributed by atoms with Crippen molar-refractivity contribution < 1.29 is 9.13 Å². The molecule has 0 amide bonds. The van der Waals surface area contributed by atoms with Crippen molar-refractivity contribution in [3.8, 4) is 11.9 Å². The highest BCUT2D eigenvalue weighted by Gasteiger charge is 2.26. The lowest BCUT2D eigenvalue weighted by atomic mass is 10.2. The van der Waals surface area contributed by atoms with Crippen molar-refractivity contribution in [2.45, 2.75) is 19.6 Å². The van der Waals surface area contributed by atoms with Crippen LogP contribution in [-0.2, 0) is 19.6 Å². The van der Waals surface area contributed by atoms with Crippen LogP contribution in [0.2, 0.25) is 0 Å². The maximum absolute atomic E-state index is 13.1. The first-order valence-electron chi connectivity index (χ1n) is 8.15. The highest BCUT2D eigenvalue weighted by molar-refractivity contribution is 5.64. The molecule has 1 aliphatic heterocycles. The van der Waals surface area contributed by atoms with Gasteiger partial charge in [-0.15, -0.1) is 0 Å². The summed E-state index contributed by atoms with van der Waals surface area (Å²) >= 11 is 0. The summed E-state index contributed by atoms with van der Waals surface area (Å²) in [4.78, 5) is 6.21. The largest absolute Gasteiger partial charge is 0.480 e. The van der Waals surface area contributed by atoms with Crippen molar-refractivity contribution in [2.24, 2.45) is 0 Å². The van der Waals surface area contributed by atoms with E-state index in [4.69, 9.17) is 4.74 Å². The van der Waals surface area contributed by atoms with Crippen LogP contribution in [0.4, 0.5) is 10.1 Å². The van der Waals surface area contributed by atoms with Gasteiger partial charge in [0.25, 0.3) is 0 Å². The fourth-order valence-electron chi connectivity index (χ4n) is 3.23. The molecule has 0 atom stereocenters. The van der Waals surface area contributed by atoms with Crippen molar-refractivity contribution >= 4 is 5.69 Å². The van der Waals surface area contributed by atoms with E-state index in [-0.39, 0.29) is 5.82 Å². The van der Waals surface area contributed by atoms with Gasteiger partial charge in [-0.05, 0) is 23.8 Å². The topological polar surface area (TPSA) is 67.0 Å². The predicted octanol–water partition coefficient (Wildman–Crippen LogP) is 2.87. The fourth-order valence-corrected chi connectivity index (χ4v) is 3.23. The standard InChI is InChI=1S/C19H16FN5O/c1-26-19-16(8-21)17(6-7-22-19)24-11-14-9-23-25(18(14)12-24)10-13-2-4-15(20)5-3-13/h2-7,9H,10-12H2,1H3. The van der Waals surface area contributed by atoms with Gasteiger partial charge in [-0.25, -0.2) is 9.37 Å². The number of nitrogens with zero attached hydrogens (tertiary/aromatic N) is 5. The Hall–Kier alpha value is -3.40. The third-order valence-corrected chi connectivity index (χ3v) is 4.52. The van der Waals surface area contributed by atoms with Crippen LogP contribution < -0.4 is 9.64 Å². The van der Waals surface area contributed by atoms with Gasteiger partial charge in [0.1, 0.15) is 17.4 Å². The molecule has 0 bridgehead atoms. The fraction of sp³-hybridized carbons (Fsp3) is 0.211. The van der Waals surface area contributed by atoms with Crippen molar-refractivity contribution in [3.05, 3.63) is 70.9 Å². The number of halogens is 1. The lowest BCUT2D eigenvalue weighted by molar-refractivity contribution is 0.396. The first-order valence-corrected chi connectivity index (χ1v) is 8.15. The number of hydrogen-bond acceptors (Lipinski definition) is 5. The van der Waals surface area contributed by atoms with E-state index in [1.165, 1.54) is 19.2 Å². The van der Waals surface area contributed by atoms with E-state index in [9.17, 15) is 9.65 Å². The van der Waals surface area contributed by atoms with E-state index >= 15 is 0 Å². The van der Waals surface area contributed by atoms with E-state index in [1.54, 1.807) is 18.3 Å². The molecule has 0 radical (unpaired) electrons. The van der Waals surface area contributed by atoms with Crippen LogP contribution in [0.5, 0.6) is 5.88 Å². The van der Waals surface area contributed by atoms with Gasteiger partial charge in [0.05, 0.1) is 37.8 Å². The third-order valence-electron chi connectivity index (χ3n) is 4.52. The summed E-state index contributed by atoms with van der Waals surface area (Å²) < 4.78 is 20.2. The van der Waals surface area contributed by atoms with Crippen LogP contribution in [0.3, 0.4) is 0 Å². The molecule has 0 unspecified atom stereocenters. The average Bonchev–Trinajstić information content (AvgIpc) is 3.24. The minimum absolute atomic E-state index is 0.249. The van der Waals surface area contributed by atoms with Crippen LogP contribution >= 0.6 is 0 Å². The van der Waals surface area contributed by atoms with Gasteiger partial charge in [0.15, 0.2) is 0 Å². The summed E-state index contributed by atoms with van der Waals surface area (Å²) in [5.74, 6) is 0.0789. The van der Waals surface area contributed by atoms with Crippen LogP contribution in [0.15, 0.2) is 42.7 Å².